The van der Waals surface area contributed by atoms with Crippen LogP contribution >= 0.6 is 0 Å². The van der Waals surface area contributed by atoms with E-state index in [9.17, 15) is 24.9 Å². The normalized spacial score (nSPS) is 10.3. The standard InChI is InChI=1S/C16H14O7/c1-7-13(19)9(6-11(18)15(7)23-2)14(20)12-8(16(21)22)4-3-5-10(12)17/h3-6,17-19H,1-2H3,(H,21,22). The first kappa shape index (κ1) is 16.2. The molecule has 23 heavy (non-hydrogen) atoms. The van der Waals surface area contributed by atoms with Gasteiger partial charge in [-0.25, -0.2) is 4.79 Å². The van der Waals surface area contributed by atoms with E-state index < -0.39 is 40.1 Å². The van der Waals surface area contributed by atoms with E-state index in [2.05, 4.69) is 0 Å². The maximum absolute atomic E-state index is 12.6. The van der Waals surface area contributed by atoms with Gasteiger partial charge in [0.25, 0.3) is 0 Å². The number of aromatic carboxylic acids is 1. The van der Waals surface area contributed by atoms with Gasteiger partial charge in [0.2, 0.25) is 5.78 Å². The fraction of sp³-hybridized carbons (Fsp3) is 0.125. The van der Waals surface area contributed by atoms with Gasteiger partial charge in [0.15, 0.2) is 11.5 Å². The number of phenolic OH excluding ortho intramolecular Hbond substituents is 3. The van der Waals surface area contributed by atoms with Crippen LogP contribution in [0.4, 0.5) is 0 Å². The smallest absolute Gasteiger partial charge is 0.336 e. The molecule has 0 atom stereocenters. The summed E-state index contributed by atoms with van der Waals surface area (Å²) in [4.78, 5) is 23.8. The maximum atomic E-state index is 12.6. The van der Waals surface area contributed by atoms with Gasteiger partial charge in [-0.1, -0.05) is 6.07 Å². The zero-order valence-electron chi connectivity index (χ0n) is 12.3. The Bertz CT molecular complexity index is 809. The van der Waals surface area contributed by atoms with Crippen LogP contribution < -0.4 is 4.74 Å². The van der Waals surface area contributed by atoms with Crippen molar-refractivity contribution in [3.63, 3.8) is 0 Å². The minimum Gasteiger partial charge on any atom is -0.507 e. The number of carboxylic acid groups (broad SMARTS) is 1. The van der Waals surface area contributed by atoms with Gasteiger partial charge < -0.3 is 25.2 Å². The van der Waals surface area contributed by atoms with E-state index in [1.54, 1.807) is 0 Å². The van der Waals surface area contributed by atoms with Gasteiger partial charge in [-0.15, -0.1) is 0 Å². The highest BCUT2D eigenvalue weighted by molar-refractivity contribution is 6.17. The lowest BCUT2D eigenvalue weighted by atomic mass is 9.95. The Morgan fingerprint density at radius 3 is 2.26 bits per heavy atom. The average molecular weight is 318 g/mol. The molecule has 0 unspecified atom stereocenters. The number of methoxy groups -OCH3 is 1. The van der Waals surface area contributed by atoms with Crippen LogP contribution in [0.15, 0.2) is 24.3 Å². The minimum absolute atomic E-state index is 0.00482. The van der Waals surface area contributed by atoms with Gasteiger partial charge >= 0.3 is 5.97 Å². The lowest BCUT2D eigenvalue weighted by molar-refractivity contribution is 0.0692. The summed E-state index contributed by atoms with van der Waals surface area (Å²) in [7, 11) is 1.29. The molecule has 0 bridgehead atoms. The van der Waals surface area contributed by atoms with Gasteiger partial charge in [-0.3, -0.25) is 4.79 Å². The third-order valence-electron chi connectivity index (χ3n) is 3.41. The first-order valence-corrected chi connectivity index (χ1v) is 6.49. The van der Waals surface area contributed by atoms with Crippen molar-refractivity contribution in [1.82, 2.24) is 0 Å². The molecule has 0 radical (unpaired) electrons. The molecular formula is C16H14O7. The third kappa shape index (κ3) is 2.64. The summed E-state index contributed by atoms with van der Waals surface area (Å²) < 4.78 is 4.92. The van der Waals surface area contributed by atoms with E-state index in [0.29, 0.717) is 0 Å². The Kier molecular flexibility index (Phi) is 4.13. The second-order valence-corrected chi connectivity index (χ2v) is 4.78. The molecule has 7 heteroatoms. The molecular weight excluding hydrogens is 304 g/mol. The second kappa shape index (κ2) is 5.88. The fourth-order valence-corrected chi connectivity index (χ4v) is 2.29. The monoisotopic (exact) mass is 318 g/mol. The van der Waals surface area contributed by atoms with Crippen molar-refractivity contribution in [2.75, 3.05) is 7.11 Å². The van der Waals surface area contributed by atoms with Crippen molar-refractivity contribution in [2.24, 2.45) is 0 Å². The van der Waals surface area contributed by atoms with E-state index in [0.717, 1.165) is 18.2 Å². The first-order valence-electron chi connectivity index (χ1n) is 6.49. The summed E-state index contributed by atoms with van der Waals surface area (Å²) in [5.74, 6) is -3.74. The molecule has 2 aromatic rings. The summed E-state index contributed by atoms with van der Waals surface area (Å²) in [6.07, 6.45) is 0. The van der Waals surface area contributed by atoms with Crippen LogP contribution in [0.1, 0.15) is 31.8 Å². The van der Waals surface area contributed by atoms with Crippen molar-refractivity contribution >= 4 is 11.8 Å². The van der Waals surface area contributed by atoms with Gasteiger partial charge in [0, 0.05) is 5.56 Å². The largest absolute Gasteiger partial charge is 0.507 e. The van der Waals surface area contributed by atoms with E-state index in [-0.39, 0.29) is 16.9 Å². The molecule has 0 aliphatic heterocycles. The number of hydrogen-bond donors (Lipinski definition) is 4. The summed E-state index contributed by atoms with van der Waals surface area (Å²) in [6.45, 7) is 1.42. The van der Waals surface area contributed by atoms with Crippen molar-refractivity contribution in [2.45, 2.75) is 6.92 Å². The third-order valence-corrected chi connectivity index (χ3v) is 3.41. The van der Waals surface area contributed by atoms with E-state index in [4.69, 9.17) is 9.84 Å². The first-order chi connectivity index (χ1) is 10.8. The van der Waals surface area contributed by atoms with Crippen LogP contribution in [0.3, 0.4) is 0 Å². The fourth-order valence-electron chi connectivity index (χ4n) is 2.29. The number of benzene rings is 2. The highest BCUT2D eigenvalue weighted by atomic mass is 16.5. The molecule has 0 aliphatic rings. The molecule has 7 nitrogen and oxygen atoms in total. The lowest BCUT2D eigenvalue weighted by Crippen LogP contribution is -2.11. The van der Waals surface area contributed by atoms with Gasteiger partial charge in [0.05, 0.1) is 23.8 Å². The highest BCUT2D eigenvalue weighted by Crippen LogP contribution is 2.40. The van der Waals surface area contributed by atoms with Crippen LogP contribution in [-0.4, -0.2) is 39.3 Å². The Morgan fingerprint density at radius 2 is 1.70 bits per heavy atom. The van der Waals surface area contributed by atoms with Crippen LogP contribution in [0.2, 0.25) is 0 Å². The molecule has 0 spiro atoms. The van der Waals surface area contributed by atoms with Crippen LogP contribution in [-0.2, 0) is 0 Å². The maximum Gasteiger partial charge on any atom is 0.336 e. The van der Waals surface area contributed by atoms with E-state index in [1.165, 1.54) is 20.1 Å². The number of hydrogen-bond acceptors (Lipinski definition) is 6. The lowest BCUT2D eigenvalue weighted by Gasteiger charge is -2.14. The van der Waals surface area contributed by atoms with Gasteiger partial charge in [-0.2, -0.15) is 0 Å². The van der Waals surface area contributed by atoms with Gasteiger partial charge in [-0.05, 0) is 25.1 Å². The molecule has 2 aromatic carbocycles. The Labute approximate surface area is 131 Å². The molecule has 0 heterocycles. The number of carbonyl (C=O) groups is 2. The molecule has 0 fully saturated rings. The number of carbonyl (C=O) groups excluding carboxylic acids is 1. The summed E-state index contributed by atoms with van der Waals surface area (Å²) in [5, 5.41) is 39.0. The van der Waals surface area contributed by atoms with E-state index >= 15 is 0 Å². The number of ether oxygens (including phenoxy) is 1. The summed E-state index contributed by atoms with van der Waals surface area (Å²) in [5.41, 5.74) is -1.12. The highest BCUT2D eigenvalue weighted by Gasteiger charge is 2.26. The SMILES string of the molecule is COc1c(O)cc(C(=O)c2c(O)cccc2C(=O)O)c(O)c1C. The quantitative estimate of drug-likeness (QED) is 0.502. The van der Waals surface area contributed by atoms with Crippen molar-refractivity contribution in [3.8, 4) is 23.0 Å². The molecule has 0 aromatic heterocycles. The molecule has 2 rings (SSSR count). The van der Waals surface area contributed by atoms with Gasteiger partial charge in [0.1, 0.15) is 11.5 Å². The molecule has 0 aliphatic carbocycles. The molecule has 0 saturated heterocycles. The summed E-state index contributed by atoms with van der Waals surface area (Å²) in [6, 6.07) is 4.56. The van der Waals surface area contributed by atoms with Crippen LogP contribution in [0.25, 0.3) is 0 Å². The number of ketones is 1. The predicted molar refractivity (Wildman–Crippen MR) is 79.6 cm³/mol. The number of rotatable bonds is 4. The van der Waals surface area contributed by atoms with Crippen LogP contribution in [0.5, 0.6) is 23.0 Å². The Morgan fingerprint density at radius 1 is 1.04 bits per heavy atom. The number of phenols is 3. The van der Waals surface area contributed by atoms with Crippen molar-refractivity contribution in [1.29, 1.82) is 0 Å². The molecule has 0 saturated carbocycles. The molecule has 120 valence electrons. The molecule has 0 amide bonds. The molecule has 4 N–H and O–H groups in total. The van der Waals surface area contributed by atoms with E-state index in [1.807, 2.05) is 0 Å². The van der Waals surface area contributed by atoms with Crippen molar-refractivity contribution in [3.05, 3.63) is 46.5 Å². The van der Waals surface area contributed by atoms with Crippen molar-refractivity contribution < 1.29 is 34.8 Å². The topological polar surface area (TPSA) is 124 Å². The zero-order valence-corrected chi connectivity index (χ0v) is 12.3. The minimum atomic E-state index is -1.40. The van der Waals surface area contributed by atoms with Crippen LogP contribution in [0, 0.1) is 6.92 Å². The number of carboxylic acids is 1. The zero-order chi connectivity index (χ0) is 17.3. The number of aromatic hydroxyl groups is 3. The Balaban J connectivity index is 2.71. The Hall–Kier alpha value is -3.22. The second-order valence-electron chi connectivity index (χ2n) is 4.78. The average Bonchev–Trinajstić information content (AvgIpc) is 2.50. The summed E-state index contributed by atoms with van der Waals surface area (Å²) >= 11 is 0. The predicted octanol–water partition coefficient (Wildman–Crippen LogP) is 2.05.